The molecule has 0 saturated carbocycles. The number of ether oxygens (including phenoxy) is 1. The molecule has 1 heterocycles. The van der Waals surface area contributed by atoms with Gasteiger partial charge in [0, 0.05) is 5.39 Å². The van der Waals surface area contributed by atoms with Crippen LogP contribution in [-0.2, 0) is 6.18 Å². The predicted molar refractivity (Wildman–Crippen MR) is 63.3 cm³/mol. The molecule has 2 nitrogen and oxygen atoms in total. The number of alkyl halides is 6. The van der Waals surface area contributed by atoms with Crippen molar-refractivity contribution < 1.29 is 31.1 Å². The average Bonchev–Trinajstić information content (AvgIpc) is 2.34. The molecule has 21 heavy (non-hydrogen) atoms. The Bertz CT molecular complexity index is 667. The van der Waals surface area contributed by atoms with E-state index in [1.54, 1.807) is 0 Å². The Morgan fingerprint density at radius 2 is 1.71 bits per heavy atom. The number of hydrogen-bond donors (Lipinski definition) is 0. The summed E-state index contributed by atoms with van der Waals surface area (Å²) >= 11 is 5.71. The van der Waals surface area contributed by atoms with E-state index in [9.17, 15) is 26.3 Å². The Morgan fingerprint density at radius 1 is 1.05 bits per heavy atom. The lowest BCUT2D eigenvalue weighted by Gasteiger charge is -2.11. The second-order valence-corrected chi connectivity index (χ2v) is 4.48. The van der Waals surface area contributed by atoms with Crippen LogP contribution in [0.4, 0.5) is 26.3 Å². The molecule has 0 atom stereocenters. The van der Waals surface area contributed by atoms with Gasteiger partial charge in [0.1, 0.15) is 11.4 Å². The molecule has 2 rings (SSSR count). The fraction of sp³-hybridized carbons (Fsp3) is 0.250. The van der Waals surface area contributed by atoms with Gasteiger partial charge in [0.05, 0.1) is 10.5 Å². The van der Waals surface area contributed by atoms with Crippen molar-refractivity contribution in [2.75, 3.05) is 6.61 Å². The minimum atomic E-state index is -4.66. The van der Waals surface area contributed by atoms with E-state index in [-0.39, 0.29) is 21.7 Å². The van der Waals surface area contributed by atoms with Gasteiger partial charge in [-0.25, -0.2) is 4.98 Å². The maximum atomic E-state index is 12.6. The van der Waals surface area contributed by atoms with Gasteiger partial charge in [0.25, 0.3) is 0 Å². The van der Waals surface area contributed by atoms with E-state index in [2.05, 4.69) is 9.72 Å². The van der Waals surface area contributed by atoms with Crippen LogP contribution < -0.4 is 4.74 Å². The highest BCUT2D eigenvalue weighted by Crippen LogP contribution is 2.34. The summed E-state index contributed by atoms with van der Waals surface area (Å²) in [4.78, 5) is 3.37. The van der Waals surface area contributed by atoms with E-state index >= 15 is 0 Å². The summed E-state index contributed by atoms with van der Waals surface area (Å²) in [6.45, 7) is -1.51. The molecule has 0 bridgehead atoms. The number of rotatable bonds is 2. The summed E-state index contributed by atoms with van der Waals surface area (Å²) in [5, 5.41) is -0.200. The largest absolute Gasteiger partial charge is 0.484 e. The monoisotopic (exact) mass is 329 g/mol. The number of hydrogen-bond acceptors (Lipinski definition) is 2. The van der Waals surface area contributed by atoms with Crippen molar-refractivity contribution >= 4 is 22.5 Å². The molecule has 0 saturated heterocycles. The van der Waals surface area contributed by atoms with Crippen molar-refractivity contribution in [2.24, 2.45) is 0 Å². The van der Waals surface area contributed by atoms with Crippen LogP contribution in [0.1, 0.15) is 5.69 Å². The van der Waals surface area contributed by atoms with Crippen LogP contribution >= 0.6 is 11.6 Å². The normalized spacial score (nSPS) is 12.7. The maximum absolute atomic E-state index is 12.6. The van der Waals surface area contributed by atoms with Crippen molar-refractivity contribution in [1.82, 2.24) is 4.98 Å². The lowest BCUT2D eigenvalue weighted by atomic mass is 10.2. The maximum Gasteiger partial charge on any atom is 0.433 e. The lowest BCUT2D eigenvalue weighted by Crippen LogP contribution is -2.19. The van der Waals surface area contributed by atoms with Crippen molar-refractivity contribution in [2.45, 2.75) is 12.4 Å². The number of aromatic nitrogens is 1. The predicted octanol–water partition coefficient (Wildman–Crippen LogP) is 4.85. The van der Waals surface area contributed by atoms with Gasteiger partial charge in [0.2, 0.25) is 0 Å². The number of halogens is 7. The average molecular weight is 330 g/mol. The minimum absolute atomic E-state index is 0.0735. The third-order valence-corrected chi connectivity index (χ3v) is 2.74. The third-order valence-electron chi connectivity index (χ3n) is 2.42. The van der Waals surface area contributed by atoms with Crippen molar-refractivity contribution in [3.05, 3.63) is 35.0 Å². The summed E-state index contributed by atoms with van der Waals surface area (Å²) in [5.74, 6) is -0.164. The number of benzene rings is 1. The molecule has 9 heteroatoms. The molecule has 114 valence electrons. The molecule has 0 spiro atoms. The van der Waals surface area contributed by atoms with Crippen LogP contribution in [0.3, 0.4) is 0 Å². The van der Waals surface area contributed by atoms with Gasteiger partial charge in [-0.15, -0.1) is 0 Å². The summed E-state index contributed by atoms with van der Waals surface area (Å²) in [5.41, 5.74) is -1.27. The molecule has 0 aliphatic heterocycles. The van der Waals surface area contributed by atoms with Gasteiger partial charge in [-0.05, 0) is 24.3 Å². The SMILES string of the molecule is FC(F)(F)COc1ccc2nc(C(F)(F)F)cc(Cl)c2c1. The quantitative estimate of drug-likeness (QED) is 0.735. The van der Waals surface area contributed by atoms with Gasteiger partial charge < -0.3 is 4.74 Å². The Labute approximate surface area is 119 Å². The highest BCUT2D eigenvalue weighted by Gasteiger charge is 2.33. The van der Waals surface area contributed by atoms with Crippen LogP contribution in [0.5, 0.6) is 5.75 Å². The molecule has 0 unspecified atom stereocenters. The highest BCUT2D eigenvalue weighted by molar-refractivity contribution is 6.35. The fourth-order valence-corrected chi connectivity index (χ4v) is 1.82. The van der Waals surface area contributed by atoms with Crippen molar-refractivity contribution in [1.29, 1.82) is 0 Å². The van der Waals surface area contributed by atoms with Crippen LogP contribution in [0.25, 0.3) is 10.9 Å². The molecule has 0 aliphatic rings. The fourth-order valence-electron chi connectivity index (χ4n) is 1.56. The van der Waals surface area contributed by atoms with E-state index in [1.165, 1.54) is 0 Å². The van der Waals surface area contributed by atoms with E-state index in [1.807, 2.05) is 0 Å². The number of fused-ring (bicyclic) bond motifs is 1. The number of nitrogens with zero attached hydrogens (tertiary/aromatic N) is 1. The summed E-state index contributed by atoms with van der Waals surface area (Å²) in [7, 11) is 0. The first-order chi connectivity index (χ1) is 9.56. The Morgan fingerprint density at radius 3 is 2.29 bits per heavy atom. The molecule has 0 radical (unpaired) electrons. The molecule has 0 N–H and O–H groups in total. The first kappa shape index (κ1) is 15.7. The van der Waals surface area contributed by atoms with Crippen LogP contribution in [0.15, 0.2) is 24.3 Å². The van der Waals surface area contributed by atoms with Gasteiger partial charge in [-0.3, -0.25) is 0 Å². The standard InChI is InChI=1S/C12H6ClF6NO/c13-8-4-10(12(17,18)19)20-9-2-1-6(3-7(8)9)21-5-11(14,15)16/h1-4H,5H2. The van der Waals surface area contributed by atoms with Gasteiger partial charge in [-0.2, -0.15) is 26.3 Å². The Kier molecular flexibility index (Phi) is 3.92. The van der Waals surface area contributed by atoms with Crippen molar-refractivity contribution in [3.63, 3.8) is 0 Å². The Hall–Kier alpha value is -1.70. The van der Waals surface area contributed by atoms with Crippen LogP contribution in [-0.4, -0.2) is 17.8 Å². The van der Waals surface area contributed by atoms with Crippen molar-refractivity contribution in [3.8, 4) is 5.75 Å². The molecule has 1 aromatic carbocycles. The molecular formula is C12H6ClF6NO. The first-order valence-corrected chi connectivity index (χ1v) is 5.81. The third kappa shape index (κ3) is 3.90. The van der Waals surface area contributed by atoms with E-state index in [0.29, 0.717) is 6.07 Å². The minimum Gasteiger partial charge on any atom is -0.484 e. The lowest BCUT2D eigenvalue weighted by molar-refractivity contribution is -0.153. The van der Waals surface area contributed by atoms with Crippen LogP contribution in [0.2, 0.25) is 5.02 Å². The summed E-state index contributed by atoms with van der Waals surface area (Å²) < 4.78 is 78.3. The van der Waals surface area contributed by atoms with Gasteiger partial charge >= 0.3 is 12.4 Å². The van der Waals surface area contributed by atoms with E-state index in [4.69, 9.17) is 11.6 Å². The molecule has 2 aromatic rings. The topological polar surface area (TPSA) is 22.1 Å². The number of pyridine rings is 1. The molecular weight excluding hydrogens is 324 g/mol. The second-order valence-electron chi connectivity index (χ2n) is 4.07. The van der Waals surface area contributed by atoms with Crippen LogP contribution in [0, 0.1) is 0 Å². The summed E-state index contributed by atoms with van der Waals surface area (Å²) in [6, 6.07) is 3.92. The molecule has 0 aliphatic carbocycles. The highest BCUT2D eigenvalue weighted by atomic mass is 35.5. The second kappa shape index (κ2) is 5.25. The Balaban J connectivity index is 2.38. The molecule has 0 amide bonds. The van der Waals surface area contributed by atoms with E-state index in [0.717, 1.165) is 18.2 Å². The first-order valence-electron chi connectivity index (χ1n) is 5.43. The van der Waals surface area contributed by atoms with Gasteiger partial charge in [0.15, 0.2) is 6.61 Å². The zero-order valence-electron chi connectivity index (χ0n) is 10.0. The summed E-state index contributed by atoms with van der Waals surface area (Å²) in [6.07, 6.45) is -9.18. The smallest absolute Gasteiger partial charge is 0.433 e. The van der Waals surface area contributed by atoms with E-state index < -0.39 is 24.7 Å². The molecule has 1 aromatic heterocycles. The zero-order valence-corrected chi connectivity index (χ0v) is 10.8. The molecule has 0 fully saturated rings. The van der Waals surface area contributed by atoms with Gasteiger partial charge in [-0.1, -0.05) is 11.6 Å². The zero-order chi connectivity index (χ0) is 15.8.